The molecule has 0 bridgehead atoms. The Morgan fingerprint density at radius 3 is 1.18 bits per heavy atom. The predicted molar refractivity (Wildman–Crippen MR) is 164 cm³/mol. The minimum absolute atomic E-state index is 0. The van der Waals surface area contributed by atoms with Crippen LogP contribution in [0.2, 0.25) is 0 Å². The molecule has 0 aliphatic heterocycles. The summed E-state index contributed by atoms with van der Waals surface area (Å²) in [6.07, 6.45) is 20.0. The summed E-state index contributed by atoms with van der Waals surface area (Å²) < 4.78 is 3.01. The zero-order valence-electron chi connectivity index (χ0n) is 24.6. The zero-order chi connectivity index (χ0) is 28.2. The first-order valence-corrected chi connectivity index (χ1v) is 15.4. The number of hydrogen-bond donors (Lipinski definition) is 0. The van der Waals surface area contributed by atoms with E-state index < -0.39 is 0 Å². The van der Waals surface area contributed by atoms with Gasteiger partial charge in [0.25, 0.3) is 0 Å². The van der Waals surface area contributed by atoms with Crippen LogP contribution in [0.3, 0.4) is 0 Å². The van der Waals surface area contributed by atoms with Crippen molar-refractivity contribution < 1.29 is 73.3 Å². The summed E-state index contributed by atoms with van der Waals surface area (Å²) in [6.45, 7) is 12.7. The van der Waals surface area contributed by atoms with Crippen molar-refractivity contribution in [2.45, 2.75) is 54.4 Å². The van der Waals surface area contributed by atoms with Crippen molar-refractivity contribution in [3.8, 4) is 0 Å². The molecule has 2 aliphatic rings. The van der Waals surface area contributed by atoms with E-state index in [1.54, 1.807) is 48.5 Å². The molecule has 4 aromatic carbocycles. The molecule has 0 atom stereocenters. The van der Waals surface area contributed by atoms with Crippen LogP contribution in [0.4, 0.5) is 0 Å². The summed E-state index contributed by atoms with van der Waals surface area (Å²) in [4.78, 5) is 0. The molecule has 208 valence electrons. The first-order valence-electron chi connectivity index (χ1n) is 12.9. The summed E-state index contributed by atoms with van der Waals surface area (Å²) >= 11 is 3.11. The van der Waals surface area contributed by atoms with Gasteiger partial charge in [-0.05, 0) is 0 Å². The predicted octanol–water partition coefficient (Wildman–Crippen LogP) is 3.84. The topological polar surface area (TPSA) is 0 Å². The first-order chi connectivity index (χ1) is 18.2. The maximum atomic E-state index is 2.99. The van der Waals surface area contributed by atoms with Crippen molar-refractivity contribution in [2.75, 3.05) is 0 Å². The summed E-state index contributed by atoms with van der Waals surface area (Å²) in [5.41, 5.74) is 2.70. The average Bonchev–Trinajstić information content (AvgIpc) is 3.67. The monoisotopic (exact) mass is 722 g/mol. The summed E-state index contributed by atoms with van der Waals surface area (Å²) in [6, 6.07) is 25.7. The molecular formula is C36H40Cl2Zr2-2. The van der Waals surface area contributed by atoms with Gasteiger partial charge in [-0.15, -0.1) is 94.0 Å². The Balaban J connectivity index is 0. The van der Waals surface area contributed by atoms with Crippen LogP contribution in [0, 0.1) is 26.0 Å². The molecule has 0 saturated heterocycles. The van der Waals surface area contributed by atoms with Crippen LogP contribution in [0.5, 0.6) is 0 Å². The second-order valence-corrected chi connectivity index (χ2v) is 14.2. The fourth-order valence-electron chi connectivity index (χ4n) is 3.29. The van der Waals surface area contributed by atoms with Crippen LogP contribution < -0.4 is 24.8 Å². The number of rotatable bonds is 0. The second-order valence-electron chi connectivity index (χ2n) is 9.33. The van der Waals surface area contributed by atoms with Gasteiger partial charge in [0.15, 0.2) is 0 Å². The average molecular weight is 726 g/mol. The maximum Gasteiger partial charge on any atom is -0.0579 e. The van der Waals surface area contributed by atoms with Crippen molar-refractivity contribution in [1.29, 1.82) is 0 Å². The summed E-state index contributed by atoms with van der Waals surface area (Å²) in [7, 11) is 0. The Hall–Kier alpha value is -1.29. The van der Waals surface area contributed by atoms with Crippen LogP contribution in [0.25, 0.3) is 21.5 Å². The van der Waals surface area contributed by atoms with Gasteiger partial charge in [0.05, 0.1) is 0 Å². The number of fused-ring (bicyclic) bond motifs is 2. The van der Waals surface area contributed by atoms with Crippen LogP contribution in [-0.4, -0.2) is 6.41 Å². The van der Waals surface area contributed by atoms with Crippen molar-refractivity contribution in [3.63, 3.8) is 0 Å². The summed E-state index contributed by atoms with van der Waals surface area (Å²) in [5, 5.41) is 5.39. The van der Waals surface area contributed by atoms with Crippen LogP contribution in [0.15, 0.2) is 109 Å². The quantitative estimate of drug-likeness (QED) is 0.242. The Kier molecular flexibility index (Phi) is 26.0. The number of aryl methyl sites for hydroxylation is 2. The molecule has 0 N–H and O–H groups in total. The van der Waals surface area contributed by atoms with Crippen LogP contribution >= 0.6 is 0 Å². The van der Waals surface area contributed by atoms with Crippen molar-refractivity contribution in [1.82, 2.24) is 0 Å². The molecule has 0 radical (unpaired) electrons. The van der Waals surface area contributed by atoms with E-state index in [-0.39, 0.29) is 24.8 Å². The van der Waals surface area contributed by atoms with Crippen molar-refractivity contribution in [3.05, 3.63) is 133 Å². The Morgan fingerprint density at radius 1 is 0.625 bits per heavy atom. The van der Waals surface area contributed by atoms with Crippen molar-refractivity contribution in [2.24, 2.45) is 0 Å². The van der Waals surface area contributed by atoms with Crippen molar-refractivity contribution >= 4 is 28.0 Å². The maximum absolute atomic E-state index is 2.99. The standard InChI is InChI=1S/2C10H9.2C5H5.2C3H6.2ClH.2Zr/c2*1-8-6-9-4-2-3-5-10(9)7-8;2*1-2-4-5-3-1;2*1-3-2;;;;/h2*2-7H,1H3;2*1-3H,4H2;2*1-2H3;2*1H;;/q4*-1;;;;;2*+2/p-2. The van der Waals surface area contributed by atoms with E-state index in [9.17, 15) is 0 Å². The molecule has 0 saturated carbocycles. The number of halogens is 2. The van der Waals surface area contributed by atoms with Gasteiger partial charge in [0, 0.05) is 0 Å². The fraction of sp³-hybridized carbons (Fsp3) is 0.222. The molecule has 0 spiro atoms. The van der Waals surface area contributed by atoms with Gasteiger partial charge < -0.3 is 24.8 Å². The first kappa shape index (κ1) is 40.8. The third-order valence-corrected chi connectivity index (χ3v) is 4.70. The van der Waals surface area contributed by atoms with Gasteiger partial charge in [0.1, 0.15) is 0 Å². The van der Waals surface area contributed by atoms with Crippen LogP contribution in [-0.2, 0) is 48.5 Å². The number of hydrogen-bond acceptors (Lipinski definition) is 0. The molecule has 0 heterocycles. The van der Waals surface area contributed by atoms with E-state index in [0.717, 1.165) is 12.8 Å². The van der Waals surface area contributed by atoms with Gasteiger partial charge in [-0.2, -0.15) is 24.3 Å². The summed E-state index contributed by atoms with van der Waals surface area (Å²) in [5.74, 6) is 0. The van der Waals surface area contributed by atoms with E-state index in [4.69, 9.17) is 0 Å². The van der Waals surface area contributed by atoms with E-state index in [0.29, 0.717) is 0 Å². The van der Waals surface area contributed by atoms with E-state index in [1.165, 1.54) is 39.1 Å². The molecule has 0 amide bonds. The smallest absolute Gasteiger partial charge is 0.0579 e. The Morgan fingerprint density at radius 2 is 0.950 bits per heavy atom. The molecule has 0 nitrogen and oxygen atoms in total. The molecular weight excluding hydrogens is 686 g/mol. The molecule has 0 fully saturated rings. The molecule has 0 unspecified atom stereocenters. The van der Waals surface area contributed by atoms with E-state index in [2.05, 4.69) is 139 Å². The largest absolute Gasteiger partial charge is 1.00 e. The molecule has 0 aromatic heterocycles. The van der Waals surface area contributed by atoms with Gasteiger partial charge in [-0.1, -0.05) is 26.0 Å². The normalized spacial score (nSPS) is 11.1. The fourth-order valence-corrected chi connectivity index (χ4v) is 3.29. The molecule has 40 heavy (non-hydrogen) atoms. The third kappa shape index (κ3) is 21.5. The minimum Gasteiger partial charge on any atom is -1.00 e. The minimum atomic E-state index is 0. The zero-order valence-corrected chi connectivity index (χ0v) is 31.0. The van der Waals surface area contributed by atoms with Gasteiger partial charge in [-0.25, -0.2) is 24.3 Å². The van der Waals surface area contributed by atoms with E-state index in [1.807, 2.05) is 24.3 Å². The molecule has 4 aromatic rings. The Bertz CT molecular complexity index is 1160. The molecule has 6 rings (SSSR count). The SMILES string of the molecule is C[C](C)=[Zr+2].C[C](C)=[Zr+2].Cc1cc2ccccc2[cH-]1.Cc1cc2ccccc2[cH-]1.[C-]1=CC=CC1.[C-]1=CC=CC1.[Cl-].[Cl-]. The van der Waals surface area contributed by atoms with E-state index >= 15 is 0 Å². The molecule has 2 aliphatic carbocycles. The number of allylic oxidation sites excluding steroid dienone is 8. The van der Waals surface area contributed by atoms with Crippen LogP contribution in [0.1, 0.15) is 51.7 Å². The number of benzene rings is 2. The third-order valence-electron chi connectivity index (χ3n) is 4.70. The molecule has 4 heteroatoms. The van der Waals surface area contributed by atoms with Gasteiger partial charge in [-0.3, -0.25) is 12.2 Å². The second kappa shape index (κ2) is 25.4. The van der Waals surface area contributed by atoms with Gasteiger partial charge in [0.2, 0.25) is 0 Å². The van der Waals surface area contributed by atoms with Gasteiger partial charge >= 0.3 is 82.6 Å². The Labute approximate surface area is 285 Å².